The lowest BCUT2D eigenvalue weighted by Gasteiger charge is -2.25. The number of nitrogens with zero attached hydrogens (tertiary/aromatic N) is 3. The number of fused-ring (bicyclic) bond motifs is 3. The molecule has 1 unspecified atom stereocenters. The third-order valence-electron chi connectivity index (χ3n) is 5.14. The molecule has 1 aromatic carbocycles. The highest BCUT2D eigenvalue weighted by molar-refractivity contribution is 5.86. The molecule has 3 aromatic rings. The lowest BCUT2D eigenvalue weighted by Crippen LogP contribution is -2.28. The number of aromatic nitrogens is 2. The van der Waals surface area contributed by atoms with Crippen molar-refractivity contribution in [3.63, 3.8) is 0 Å². The van der Waals surface area contributed by atoms with Crippen LogP contribution in [0.15, 0.2) is 42.7 Å². The quantitative estimate of drug-likeness (QED) is 0.589. The van der Waals surface area contributed by atoms with Crippen LogP contribution in [-0.2, 0) is 19.5 Å². The van der Waals surface area contributed by atoms with Crippen LogP contribution >= 0.6 is 0 Å². The fourth-order valence-electron chi connectivity index (χ4n) is 3.85. The number of rotatable bonds is 3. The van der Waals surface area contributed by atoms with Gasteiger partial charge in [-0.1, -0.05) is 11.6 Å². The van der Waals surface area contributed by atoms with E-state index in [1.54, 1.807) is 12.1 Å². The van der Waals surface area contributed by atoms with Gasteiger partial charge < -0.3 is 19.8 Å². The Morgan fingerprint density at radius 1 is 1.32 bits per heavy atom. The maximum absolute atomic E-state index is 11.5. The van der Waals surface area contributed by atoms with Gasteiger partial charge in [0.1, 0.15) is 6.10 Å². The van der Waals surface area contributed by atoms with Gasteiger partial charge in [-0.05, 0) is 37.7 Å². The lowest BCUT2D eigenvalue weighted by atomic mass is 10.0. The highest BCUT2D eigenvalue weighted by Gasteiger charge is 2.24. The monoisotopic (exact) mass is 337 g/mol. The van der Waals surface area contributed by atoms with Crippen molar-refractivity contribution >= 4 is 10.9 Å². The minimum atomic E-state index is -0.706. The topological polar surface area (TPSA) is 55.3 Å². The van der Waals surface area contributed by atoms with E-state index in [-0.39, 0.29) is 0 Å². The Balaban J connectivity index is 1.79. The van der Waals surface area contributed by atoms with E-state index in [9.17, 15) is 10.3 Å². The summed E-state index contributed by atoms with van der Waals surface area (Å²) in [6.07, 6.45) is 3.15. The summed E-state index contributed by atoms with van der Waals surface area (Å²) in [6, 6.07) is 9.98. The SMILES string of the molecule is Cc1ccc2c(c1)c1c(n2CC(O)c2ccc[n+]([O-])c2)CCN(C)C1. The van der Waals surface area contributed by atoms with E-state index in [1.807, 2.05) is 0 Å². The maximum atomic E-state index is 11.5. The van der Waals surface area contributed by atoms with Crippen molar-refractivity contribution in [2.45, 2.75) is 32.5 Å². The van der Waals surface area contributed by atoms with E-state index in [0.717, 1.165) is 29.8 Å². The molecular formula is C20H23N3O2. The number of likely N-dealkylation sites (N-methyl/N-ethyl adjacent to an activating group) is 1. The highest BCUT2D eigenvalue weighted by atomic mass is 16.5. The predicted octanol–water partition coefficient (Wildman–Crippen LogP) is 2.30. The minimum absolute atomic E-state index is 0.461. The molecule has 4 rings (SSSR count). The summed E-state index contributed by atoms with van der Waals surface area (Å²) in [5, 5.41) is 23.5. The highest BCUT2D eigenvalue weighted by Crippen LogP contribution is 2.32. The van der Waals surface area contributed by atoms with Gasteiger partial charge >= 0.3 is 0 Å². The van der Waals surface area contributed by atoms with Crippen molar-refractivity contribution in [3.05, 3.63) is 70.3 Å². The molecule has 130 valence electrons. The predicted molar refractivity (Wildman–Crippen MR) is 97.1 cm³/mol. The molecule has 0 saturated heterocycles. The van der Waals surface area contributed by atoms with E-state index in [0.29, 0.717) is 12.1 Å². The van der Waals surface area contributed by atoms with E-state index >= 15 is 0 Å². The summed E-state index contributed by atoms with van der Waals surface area (Å²) in [5.41, 5.74) is 5.73. The van der Waals surface area contributed by atoms with E-state index in [4.69, 9.17) is 0 Å². The number of hydrogen-bond acceptors (Lipinski definition) is 3. The summed E-state index contributed by atoms with van der Waals surface area (Å²) in [5.74, 6) is 0. The summed E-state index contributed by atoms with van der Waals surface area (Å²) in [6.45, 7) is 4.53. The molecular weight excluding hydrogens is 314 g/mol. The number of hydrogen-bond donors (Lipinski definition) is 1. The largest absolute Gasteiger partial charge is 0.619 e. The molecule has 0 aliphatic carbocycles. The average molecular weight is 337 g/mol. The molecule has 0 saturated carbocycles. The number of aliphatic hydroxyl groups is 1. The maximum Gasteiger partial charge on any atom is 0.186 e. The molecule has 1 aliphatic rings. The molecule has 0 amide bonds. The fourth-order valence-corrected chi connectivity index (χ4v) is 3.85. The van der Waals surface area contributed by atoms with E-state index in [2.05, 4.69) is 41.6 Å². The van der Waals surface area contributed by atoms with Crippen LogP contribution in [0.5, 0.6) is 0 Å². The van der Waals surface area contributed by atoms with Gasteiger partial charge in [-0.15, -0.1) is 0 Å². The lowest BCUT2D eigenvalue weighted by molar-refractivity contribution is -0.606. The van der Waals surface area contributed by atoms with Crippen LogP contribution in [0.25, 0.3) is 10.9 Å². The van der Waals surface area contributed by atoms with Crippen LogP contribution < -0.4 is 4.73 Å². The zero-order valence-corrected chi connectivity index (χ0v) is 14.6. The second-order valence-electron chi connectivity index (χ2n) is 7.06. The Hall–Kier alpha value is -2.37. The summed E-state index contributed by atoms with van der Waals surface area (Å²) < 4.78 is 2.98. The normalized spacial score (nSPS) is 16.1. The first-order chi connectivity index (χ1) is 12.0. The van der Waals surface area contributed by atoms with Gasteiger partial charge in [0, 0.05) is 47.7 Å². The molecule has 1 atom stereocenters. The van der Waals surface area contributed by atoms with Crippen LogP contribution in [0.3, 0.4) is 0 Å². The third-order valence-corrected chi connectivity index (χ3v) is 5.14. The molecule has 1 aliphatic heterocycles. The van der Waals surface area contributed by atoms with Crippen LogP contribution in [0.4, 0.5) is 0 Å². The van der Waals surface area contributed by atoms with E-state index < -0.39 is 6.10 Å². The standard InChI is InChI=1S/C20H23N3O2/c1-14-5-6-18-16(10-14)17-12-21(2)9-7-19(17)23(18)13-20(24)15-4-3-8-22(25)11-15/h3-6,8,10-11,20,24H,7,9,12-13H2,1-2H3. The minimum Gasteiger partial charge on any atom is -0.619 e. The van der Waals surface area contributed by atoms with Crippen molar-refractivity contribution < 1.29 is 9.84 Å². The molecule has 1 N–H and O–H groups in total. The van der Waals surface area contributed by atoms with Crippen molar-refractivity contribution in [1.82, 2.24) is 9.47 Å². The smallest absolute Gasteiger partial charge is 0.186 e. The number of benzene rings is 1. The third kappa shape index (κ3) is 2.90. The van der Waals surface area contributed by atoms with Gasteiger partial charge in [0.05, 0.1) is 6.54 Å². The van der Waals surface area contributed by atoms with Crippen molar-refractivity contribution in [2.75, 3.05) is 13.6 Å². The van der Waals surface area contributed by atoms with E-state index in [1.165, 1.54) is 34.6 Å². The van der Waals surface area contributed by atoms with Crippen LogP contribution in [0, 0.1) is 12.1 Å². The fraction of sp³-hybridized carbons (Fsp3) is 0.350. The van der Waals surface area contributed by atoms with Crippen molar-refractivity contribution in [1.29, 1.82) is 0 Å². The average Bonchev–Trinajstić information content (AvgIpc) is 2.87. The van der Waals surface area contributed by atoms with Crippen LogP contribution in [-0.4, -0.2) is 28.2 Å². The number of aliphatic hydroxyl groups excluding tert-OH is 1. The van der Waals surface area contributed by atoms with Crippen LogP contribution in [0.1, 0.15) is 28.5 Å². The van der Waals surface area contributed by atoms with Gasteiger partial charge in [0.15, 0.2) is 12.4 Å². The van der Waals surface area contributed by atoms with Crippen LogP contribution in [0.2, 0.25) is 0 Å². The zero-order valence-electron chi connectivity index (χ0n) is 14.6. The zero-order chi connectivity index (χ0) is 17.6. The molecule has 2 aromatic heterocycles. The Bertz CT molecular complexity index is 932. The molecule has 0 bridgehead atoms. The second-order valence-corrected chi connectivity index (χ2v) is 7.06. The Labute approximate surface area is 147 Å². The van der Waals surface area contributed by atoms with Gasteiger partial charge in [-0.25, -0.2) is 0 Å². The first-order valence-corrected chi connectivity index (χ1v) is 8.69. The summed E-state index contributed by atoms with van der Waals surface area (Å²) in [7, 11) is 2.15. The number of pyridine rings is 1. The molecule has 0 spiro atoms. The second kappa shape index (κ2) is 6.17. The first-order valence-electron chi connectivity index (χ1n) is 8.69. The Morgan fingerprint density at radius 3 is 2.96 bits per heavy atom. The first kappa shape index (κ1) is 16.1. The molecule has 25 heavy (non-hydrogen) atoms. The molecule has 0 fully saturated rings. The summed E-state index contributed by atoms with van der Waals surface area (Å²) in [4.78, 5) is 2.34. The molecule has 0 radical (unpaired) electrons. The van der Waals surface area contributed by atoms with Gasteiger partial charge in [0.25, 0.3) is 0 Å². The molecule has 5 nitrogen and oxygen atoms in total. The van der Waals surface area contributed by atoms with Crippen molar-refractivity contribution in [2.24, 2.45) is 0 Å². The molecule has 3 heterocycles. The molecule has 5 heteroatoms. The van der Waals surface area contributed by atoms with Gasteiger partial charge in [-0.3, -0.25) is 0 Å². The Kier molecular flexibility index (Phi) is 3.98. The van der Waals surface area contributed by atoms with Gasteiger partial charge in [-0.2, -0.15) is 4.73 Å². The van der Waals surface area contributed by atoms with Crippen molar-refractivity contribution in [3.8, 4) is 0 Å². The van der Waals surface area contributed by atoms with Gasteiger partial charge in [0.2, 0.25) is 0 Å². The summed E-state index contributed by atoms with van der Waals surface area (Å²) >= 11 is 0. The number of aryl methyl sites for hydroxylation is 1. The Morgan fingerprint density at radius 2 is 2.16 bits per heavy atom.